The average molecular weight is 357 g/mol. The summed E-state index contributed by atoms with van der Waals surface area (Å²) in [5.74, 6) is 0.997. The van der Waals surface area contributed by atoms with Gasteiger partial charge in [0.15, 0.2) is 0 Å². The maximum Gasteiger partial charge on any atom is 0.230 e. The van der Waals surface area contributed by atoms with Crippen LogP contribution in [0.25, 0.3) is 0 Å². The lowest BCUT2D eigenvalue weighted by Gasteiger charge is -2.28. The Bertz CT molecular complexity index is 785. The molecule has 0 aromatic heterocycles. The van der Waals surface area contributed by atoms with Crippen LogP contribution in [-0.2, 0) is 16.8 Å². The van der Waals surface area contributed by atoms with E-state index in [0.29, 0.717) is 18.0 Å². The maximum atomic E-state index is 13.7. The number of rotatable bonds is 6. The fourth-order valence-corrected chi connectivity index (χ4v) is 3.75. The molecule has 4 nitrogen and oxygen atoms in total. The largest absolute Gasteiger partial charge is 0.497 e. The Hall–Kier alpha value is -2.56. The summed E-state index contributed by atoms with van der Waals surface area (Å²) in [7, 11) is 3.18. The van der Waals surface area contributed by atoms with Crippen molar-refractivity contribution >= 4 is 5.91 Å². The summed E-state index contributed by atoms with van der Waals surface area (Å²) in [6, 6.07) is 11.9. The van der Waals surface area contributed by atoms with E-state index in [0.717, 1.165) is 36.8 Å². The number of carbonyl (C=O) groups excluding carboxylic acids is 1. The number of carbonyl (C=O) groups is 1. The molecule has 2 aromatic rings. The van der Waals surface area contributed by atoms with Crippen LogP contribution < -0.4 is 14.8 Å². The predicted octanol–water partition coefficient (Wildman–Crippen LogP) is 3.97. The molecule has 0 unspecified atom stereocenters. The molecule has 1 aliphatic carbocycles. The van der Waals surface area contributed by atoms with Crippen LogP contribution in [0.1, 0.15) is 36.8 Å². The molecule has 1 fully saturated rings. The van der Waals surface area contributed by atoms with Crippen molar-refractivity contribution in [2.45, 2.75) is 37.6 Å². The number of hydrogen-bond donors (Lipinski definition) is 1. The van der Waals surface area contributed by atoms with Gasteiger partial charge in [-0.2, -0.15) is 0 Å². The van der Waals surface area contributed by atoms with Crippen LogP contribution in [0.15, 0.2) is 42.5 Å². The van der Waals surface area contributed by atoms with E-state index in [1.54, 1.807) is 26.4 Å². The van der Waals surface area contributed by atoms with Gasteiger partial charge in [0.25, 0.3) is 0 Å². The third-order valence-corrected chi connectivity index (χ3v) is 5.20. The standard InChI is InChI=1S/C21H24FNO3/c1-25-18-9-8-15(19(13-18)26-2)14-23-20(24)21(10-3-4-11-21)16-6-5-7-17(22)12-16/h5-9,12-13H,3-4,10-11,14H2,1-2H3,(H,23,24). The average Bonchev–Trinajstić information content (AvgIpc) is 3.17. The molecule has 26 heavy (non-hydrogen) atoms. The van der Waals surface area contributed by atoms with Gasteiger partial charge < -0.3 is 14.8 Å². The predicted molar refractivity (Wildman–Crippen MR) is 97.9 cm³/mol. The Morgan fingerprint density at radius 1 is 1.12 bits per heavy atom. The molecule has 1 saturated carbocycles. The van der Waals surface area contributed by atoms with Crippen LogP contribution in [0.5, 0.6) is 11.5 Å². The minimum atomic E-state index is -0.651. The molecular formula is C21H24FNO3. The fourth-order valence-electron chi connectivity index (χ4n) is 3.75. The summed E-state index contributed by atoms with van der Waals surface area (Å²) in [5.41, 5.74) is 0.977. The van der Waals surface area contributed by atoms with Crippen LogP contribution >= 0.6 is 0 Å². The van der Waals surface area contributed by atoms with Crippen molar-refractivity contribution in [3.63, 3.8) is 0 Å². The van der Waals surface area contributed by atoms with Crippen LogP contribution in [0.4, 0.5) is 4.39 Å². The Labute approximate surface area is 153 Å². The van der Waals surface area contributed by atoms with Gasteiger partial charge >= 0.3 is 0 Å². The first-order valence-corrected chi connectivity index (χ1v) is 8.84. The zero-order valence-electron chi connectivity index (χ0n) is 15.2. The summed E-state index contributed by atoms with van der Waals surface area (Å²) in [4.78, 5) is 13.1. The molecular weight excluding hydrogens is 333 g/mol. The van der Waals surface area contributed by atoms with E-state index < -0.39 is 5.41 Å². The summed E-state index contributed by atoms with van der Waals surface area (Å²) in [6.45, 7) is 0.350. The Morgan fingerprint density at radius 2 is 1.88 bits per heavy atom. The highest BCUT2D eigenvalue weighted by Gasteiger charge is 2.42. The molecule has 1 N–H and O–H groups in total. The second kappa shape index (κ2) is 7.77. The van der Waals surface area contributed by atoms with Crippen molar-refractivity contribution < 1.29 is 18.7 Å². The molecule has 1 aliphatic rings. The van der Waals surface area contributed by atoms with Gasteiger partial charge in [-0.25, -0.2) is 4.39 Å². The highest BCUT2D eigenvalue weighted by atomic mass is 19.1. The van der Waals surface area contributed by atoms with Gasteiger partial charge in [0.2, 0.25) is 5.91 Å². The number of methoxy groups -OCH3 is 2. The molecule has 0 heterocycles. The third-order valence-electron chi connectivity index (χ3n) is 5.20. The van der Waals surface area contributed by atoms with Crippen LogP contribution in [0, 0.1) is 5.82 Å². The number of ether oxygens (including phenoxy) is 2. The molecule has 0 saturated heterocycles. The zero-order valence-corrected chi connectivity index (χ0v) is 15.2. The lowest BCUT2D eigenvalue weighted by atomic mass is 9.78. The van der Waals surface area contributed by atoms with Crippen molar-refractivity contribution in [3.8, 4) is 11.5 Å². The van der Waals surface area contributed by atoms with E-state index in [9.17, 15) is 9.18 Å². The number of nitrogens with one attached hydrogen (secondary N) is 1. The number of halogens is 1. The number of hydrogen-bond acceptors (Lipinski definition) is 3. The lowest BCUT2D eigenvalue weighted by Crippen LogP contribution is -2.42. The normalized spacial score (nSPS) is 15.5. The molecule has 2 aromatic carbocycles. The van der Waals surface area contributed by atoms with E-state index in [-0.39, 0.29) is 11.7 Å². The lowest BCUT2D eigenvalue weighted by molar-refractivity contribution is -0.126. The number of benzene rings is 2. The van der Waals surface area contributed by atoms with Gasteiger partial charge in [-0.15, -0.1) is 0 Å². The second-order valence-electron chi connectivity index (χ2n) is 6.66. The molecule has 0 radical (unpaired) electrons. The Kier molecular flexibility index (Phi) is 5.45. The summed E-state index contributed by atoms with van der Waals surface area (Å²) in [5, 5.41) is 3.03. The minimum Gasteiger partial charge on any atom is -0.497 e. The monoisotopic (exact) mass is 357 g/mol. The summed E-state index contributed by atoms with van der Waals surface area (Å²) in [6.07, 6.45) is 3.41. The molecule has 0 aliphatic heterocycles. The first kappa shape index (κ1) is 18.2. The highest BCUT2D eigenvalue weighted by molar-refractivity contribution is 5.88. The second-order valence-corrected chi connectivity index (χ2v) is 6.66. The maximum absolute atomic E-state index is 13.7. The molecule has 5 heteroatoms. The quantitative estimate of drug-likeness (QED) is 0.851. The number of amides is 1. The van der Waals surface area contributed by atoms with E-state index in [1.165, 1.54) is 12.1 Å². The van der Waals surface area contributed by atoms with E-state index in [4.69, 9.17) is 9.47 Å². The first-order chi connectivity index (χ1) is 12.6. The van der Waals surface area contributed by atoms with Gasteiger partial charge in [-0.3, -0.25) is 4.79 Å². The van der Waals surface area contributed by atoms with Crippen molar-refractivity contribution in [3.05, 3.63) is 59.4 Å². The first-order valence-electron chi connectivity index (χ1n) is 8.84. The van der Waals surface area contributed by atoms with Crippen molar-refractivity contribution in [2.24, 2.45) is 0 Å². The van der Waals surface area contributed by atoms with Gasteiger partial charge in [0, 0.05) is 18.2 Å². The van der Waals surface area contributed by atoms with Gasteiger partial charge in [0.1, 0.15) is 17.3 Å². The molecule has 0 atom stereocenters. The van der Waals surface area contributed by atoms with Crippen LogP contribution in [0.3, 0.4) is 0 Å². The highest BCUT2D eigenvalue weighted by Crippen LogP contribution is 2.41. The van der Waals surface area contributed by atoms with Gasteiger partial charge in [0.05, 0.1) is 19.6 Å². The van der Waals surface area contributed by atoms with E-state index >= 15 is 0 Å². The minimum absolute atomic E-state index is 0.0570. The zero-order chi connectivity index (χ0) is 18.6. The molecule has 1 amide bonds. The third kappa shape index (κ3) is 3.52. The van der Waals surface area contributed by atoms with E-state index in [2.05, 4.69) is 5.32 Å². The Morgan fingerprint density at radius 3 is 2.54 bits per heavy atom. The molecule has 0 bridgehead atoms. The van der Waals surface area contributed by atoms with Crippen LogP contribution in [0.2, 0.25) is 0 Å². The van der Waals surface area contributed by atoms with Crippen molar-refractivity contribution in [1.29, 1.82) is 0 Å². The van der Waals surface area contributed by atoms with Crippen molar-refractivity contribution in [1.82, 2.24) is 5.32 Å². The topological polar surface area (TPSA) is 47.6 Å². The fraction of sp³-hybridized carbons (Fsp3) is 0.381. The van der Waals surface area contributed by atoms with Gasteiger partial charge in [-0.1, -0.05) is 25.0 Å². The Balaban J connectivity index is 1.80. The smallest absolute Gasteiger partial charge is 0.230 e. The van der Waals surface area contributed by atoms with Crippen LogP contribution in [-0.4, -0.2) is 20.1 Å². The summed E-state index contributed by atoms with van der Waals surface area (Å²) < 4.78 is 24.3. The van der Waals surface area contributed by atoms with Crippen molar-refractivity contribution in [2.75, 3.05) is 14.2 Å². The SMILES string of the molecule is COc1ccc(CNC(=O)C2(c3cccc(F)c3)CCCC2)c(OC)c1. The van der Waals surface area contributed by atoms with Gasteiger partial charge in [-0.05, 0) is 42.7 Å². The van der Waals surface area contributed by atoms with E-state index in [1.807, 2.05) is 18.2 Å². The molecule has 138 valence electrons. The molecule has 3 rings (SSSR count). The summed E-state index contributed by atoms with van der Waals surface area (Å²) >= 11 is 0. The molecule has 0 spiro atoms.